The Bertz CT molecular complexity index is 1030. The smallest absolute Gasteiger partial charge is 0.284 e. The molecule has 0 bridgehead atoms. The summed E-state index contributed by atoms with van der Waals surface area (Å²) in [5, 5.41) is 3.16. The monoisotopic (exact) mass is 428 g/mol. The van der Waals surface area contributed by atoms with Gasteiger partial charge < -0.3 is 14.8 Å². The van der Waals surface area contributed by atoms with Crippen molar-refractivity contribution >= 4 is 50.7 Å². The predicted octanol–water partition coefficient (Wildman–Crippen LogP) is 3.40. The van der Waals surface area contributed by atoms with Gasteiger partial charge in [0.05, 0.1) is 9.92 Å². The summed E-state index contributed by atoms with van der Waals surface area (Å²) in [6, 6.07) is 7.41. The number of amides is 1. The van der Waals surface area contributed by atoms with E-state index in [1.54, 1.807) is 19.2 Å². The molecule has 1 aliphatic heterocycles. The van der Waals surface area contributed by atoms with E-state index >= 15 is 0 Å². The quantitative estimate of drug-likeness (QED) is 0.808. The van der Waals surface area contributed by atoms with E-state index < -0.39 is 15.9 Å². The molecule has 7 nitrogen and oxygen atoms in total. The molecule has 1 aromatic heterocycles. The number of sulfonamides is 1. The lowest BCUT2D eigenvalue weighted by molar-refractivity contribution is 0.101. The first-order valence-corrected chi connectivity index (χ1v) is 10.4. The highest BCUT2D eigenvalue weighted by Crippen LogP contribution is 2.26. The first kappa shape index (κ1) is 19.7. The molecule has 0 unspecified atom stereocenters. The number of carbonyl (C=O) groups excluding carboxylic acids is 1. The third kappa shape index (κ3) is 4.12. The summed E-state index contributed by atoms with van der Waals surface area (Å²) in [7, 11) is -0.440. The number of benzene rings is 1. The number of amidine groups is 1. The van der Waals surface area contributed by atoms with Crippen molar-refractivity contribution in [1.82, 2.24) is 9.47 Å². The molecule has 1 N–H and O–H groups in total. The zero-order valence-corrected chi connectivity index (χ0v) is 17.1. The fourth-order valence-electron chi connectivity index (χ4n) is 2.79. The Balaban J connectivity index is 1.85. The first-order chi connectivity index (χ1) is 12.7. The van der Waals surface area contributed by atoms with Gasteiger partial charge in [0, 0.05) is 32.7 Å². The average molecular weight is 429 g/mol. The minimum atomic E-state index is -3.86. The van der Waals surface area contributed by atoms with Gasteiger partial charge >= 0.3 is 0 Å². The standard InChI is InChI=1S/C17H18Cl2N4O3S/c1-22-8-4-7-15(22)21-27(25,26)12-6-3-5-11(9-12)20-17(24)14-10-13(18)16(19)23(14)2/h3,5-6,9-10H,4,7-8H2,1-2H3,(H,20,24)/b21-15+. The highest BCUT2D eigenvalue weighted by molar-refractivity contribution is 7.90. The molecule has 1 aromatic carbocycles. The van der Waals surface area contributed by atoms with Gasteiger partial charge in [0.1, 0.15) is 16.7 Å². The van der Waals surface area contributed by atoms with Crippen LogP contribution < -0.4 is 5.32 Å². The van der Waals surface area contributed by atoms with Crippen LogP contribution >= 0.6 is 23.2 Å². The van der Waals surface area contributed by atoms with Crippen molar-refractivity contribution in [2.45, 2.75) is 17.7 Å². The van der Waals surface area contributed by atoms with Gasteiger partial charge in [0.15, 0.2) is 0 Å². The number of rotatable bonds is 4. The van der Waals surface area contributed by atoms with E-state index in [1.165, 1.54) is 22.8 Å². The Hall–Kier alpha value is -2.03. The van der Waals surface area contributed by atoms with E-state index in [9.17, 15) is 13.2 Å². The van der Waals surface area contributed by atoms with Crippen LogP contribution in [-0.4, -0.2) is 43.2 Å². The van der Waals surface area contributed by atoms with Crippen LogP contribution in [0.1, 0.15) is 23.3 Å². The van der Waals surface area contributed by atoms with Gasteiger partial charge in [0.2, 0.25) is 0 Å². The Labute approximate surface area is 167 Å². The van der Waals surface area contributed by atoms with Crippen LogP contribution in [0.5, 0.6) is 0 Å². The van der Waals surface area contributed by atoms with Gasteiger partial charge in [-0.15, -0.1) is 4.40 Å². The number of carbonyl (C=O) groups is 1. The Morgan fingerprint density at radius 2 is 1.96 bits per heavy atom. The lowest BCUT2D eigenvalue weighted by Crippen LogP contribution is -2.20. The van der Waals surface area contributed by atoms with Crippen molar-refractivity contribution in [2.24, 2.45) is 11.4 Å². The number of hydrogen-bond acceptors (Lipinski definition) is 3. The van der Waals surface area contributed by atoms with E-state index in [2.05, 4.69) is 9.71 Å². The number of likely N-dealkylation sites (tertiary alicyclic amines) is 1. The molecule has 3 rings (SSSR count). The molecule has 0 aliphatic carbocycles. The van der Waals surface area contributed by atoms with E-state index in [4.69, 9.17) is 23.2 Å². The zero-order valence-electron chi connectivity index (χ0n) is 14.7. The van der Waals surface area contributed by atoms with Gasteiger partial charge in [-0.1, -0.05) is 29.3 Å². The molecule has 0 saturated carbocycles. The van der Waals surface area contributed by atoms with E-state index in [-0.39, 0.29) is 20.8 Å². The summed E-state index contributed by atoms with van der Waals surface area (Å²) in [5.41, 5.74) is 0.584. The highest BCUT2D eigenvalue weighted by Gasteiger charge is 2.21. The summed E-state index contributed by atoms with van der Waals surface area (Å²) in [4.78, 5) is 14.3. The number of hydrogen-bond donors (Lipinski definition) is 1. The number of anilines is 1. The second kappa shape index (κ2) is 7.53. The fraction of sp³-hybridized carbons (Fsp3) is 0.294. The maximum Gasteiger partial charge on any atom is 0.284 e. The predicted molar refractivity (Wildman–Crippen MR) is 106 cm³/mol. The van der Waals surface area contributed by atoms with Crippen LogP contribution in [-0.2, 0) is 17.1 Å². The zero-order chi connectivity index (χ0) is 19.8. The number of nitrogens with one attached hydrogen (secondary N) is 1. The maximum atomic E-state index is 12.6. The Morgan fingerprint density at radius 1 is 1.22 bits per heavy atom. The largest absolute Gasteiger partial charge is 0.362 e. The molecule has 0 radical (unpaired) electrons. The minimum Gasteiger partial charge on any atom is -0.362 e. The molecule has 10 heteroatoms. The third-order valence-electron chi connectivity index (χ3n) is 4.30. The summed E-state index contributed by atoms with van der Waals surface area (Å²) in [6.07, 6.45) is 1.50. The molecule has 0 spiro atoms. The Morgan fingerprint density at radius 3 is 2.56 bits per heavy atom. The molecule has 1 aliphatic rings. The van der Waals surface area contributed by atoms with Crippen LogP contribution in [0, 0.1) is 0 Å². The molecule has 2 heterocycles. The van der Waals surface area contributed by atoms with Crippen LogP contribution in [0.15, 0.2) is 39.6 Å². The van der Waals surface area contributed by atoms with E-state index in [1.807, 2.05) is 11.9 Å². The average Bonchev–Trinajstić information content (AvgIpc) is 3.13. The van der Waals surface area contributed by atoms with Crippen LogP contribution in [0.3, 0.4) is 0 Å². The van der Waals surface area contributed by atoms with Crippen molar-refractivity contribution in [3.63, 3.8) is 0 Å². The van der Waals surface area contributed by atoms with Crippen LogP contribution in [0.25, 0.3) is 0 Å². The SMILES string of the molecule is CN1CCC/C1=N\S(=O)(=O)c1cccc(NC(=O)c2cc(Cl)c(Cl)n2C)c1. The van der Waals surface area contributed by atoms with E-state index in [0.29, 0.717) is 17.9 Å². The number of aromatic nitrogens is 1. The number of nitrogens with zero attached hydrogens (tertiary/aromatic N) is 3. The molecule has 2 aromatic rings. The molecule has 1 saturated heterocycles. The second-order valence-electron chi connectivity index (χ2n) is 6.22. The summed E-state index contributed by atoms with van der Waals surface area (Å²) in [5.74, 6) is 0.0835. The van der Waals surface area contributed by atoms with Crippen molar-refractivity contribution in [2.75, 3.05) is 18.9 Å². The van der Waals surface area contributed by atoms with Crippen molar-refractivity contribution in [3.8, 4) is 0 Å². The molecule has 144 valence electrons. The second-order valence-corrected chi connectivity index (χ2v) is 8.59. The topological polar surface area (TPSA) is 83.8 Å². The van der Waals surface area contributed by atoms with Crippen LogP contribution in [0.2, 0.25) is 10.2 Å². The summed E-state index contributed by atoms with van der Waals surface area (Å²) in [6.45, 7) is 0.784. The summed E-state index contributed by atoms with van der Waals surface area (Å²) >= 11 is 11.9. The first-order valence-electron chi connectivity index (χ1n) is 8.16. The van der Waals surface area contributed by atoms with Crippen molar-refractivity contribution in [1.29, 1.82) is 0 Å². The molecule has 1 fully saturated rings. The molecule has 27 heavy (non-hydrogen) atoms. The van der Waals surface area contributed by atoms with Gasteiger partial charge in [-0.3, -0.25) is 4.79 Å². The van der Waals surface area contributed by atoms with Gasteiger partial charge in [-0.25, -0.2) is 0 Å². The van der Waals surface area contributed by atoms with E-state index in [0.717, 1.165) is 13.0 Å². The number of halogens is 2. The maximum absolute atomic E-state index is 12.6. The minimum absolute atomic E-state index is 0.0102. The fourth-order valence-corrected chi connectivity index (χ4v) is 4.31. The highest BCUT2D eigenvalue weighted by atomic mass is 35.5. The van der Waals surface area contributed by atoms with Gasteiger partial charge in [-0.2, -0.15) is 8.42 Å². The molecular formula is C17H18Cl2N4O3S. The van der Waals surface area contributed by atoms with Gasteiger partial charge in [0.25, 0.3) is 15.9 Å². The van der Waals surface area contributed by atoms with Crippen LogP contribution in [0.4, 0.5) is 5.69 Å². The molecule has 0 atom stereocenters. The Kier molecular flexibility index (Phi) is 5.50. The lowest BCUT2D eigenvalue weighted by atomic mass is 10.3. The van der Waals surface area contributed by atoms with Gasteiger partial charge in [-0.05, 0) is 30.7 Å². The molecular weight excluding hydrogens is 411 g/mol. The molecule has 1 amide bonds. The van der Waals surface area contributed by atoms with Crippen molar-refractivity contribution in [3.05, 3.63) is 46.2 Å². The third-order valence-corrected chi connectivity index (χ3v) is 6.44. The normalized spacial score (nSPS) is 16.1. The lowest BCUT2D eigenvalue weighted by Gasteiger charge is -2.11. The summed E-state index contributed by atoms with van der Waals surface area (Å²) < 4.78 is 30.5. The van der Waals surface area contributed by atoms with Crippen molar-refractivity contribution < 1.29 is 13.2 Å².